The summed E-state index contributed by atoms with van der Waals surface area (Å²) in [5.74, 6) is 0.293. The second-order valence-corrected chi connectivity index (χ2v) is 11.3. The molecule has 3 rings (SSSR count). The minimum Gasteiger partial charge on any atom is -0.478 e. The third-order valence-corrected chi connectivity index (χ3v) is 9.06. The Morgan fingerprint density at radius 3 is 2.65 bits per heavy atom. The van der Waals surface area contributed by atoms with Crippen molar-refractivity contribution in [1.82, 2.24) is 5.32 Å². The fourth-order valence-corrected chi connectivity index (χ4v) is 8.21. The summed E-state index contributed by atoms with van der Waals surface area (Å²) >= 11 is 1.73. The second kappa shape index (κ2) is 8.92. The quantitative estimate of drug-likeness (QED) is 0.630. The van der Waals surface area contributed by atoms with Crippen LogP contribution in [0.25, 0.3) is 0 Å². The van der Waals surface area contributed by atoms with Crippen LogP contribution in [0.4, 0.5) is 0 Å². The fourth-order valence-electron chi connectivity index (χ4n) is 4.01. The first kappa shape index (κ1) is 19.9. The molecule has 1 saturated heterocycles. The minimum absolute atomic E-state index is 0.0898. The number of carbonyl (C=O) groups is 1. The number of rotatable bonds is 6. The molecule has 3 unspecified atom stereocenters. The zero-order valence-corrected chi connectivity index (χ0v) is 16.7. The molecule has 1 saturated carbocycles. The van der Waals surface area contributed by atoms with Crippen LogP contribution in [-0.4, -0.2) is 45.8 Å². The van der Waals surface area contributed by atoms with E-state index >= 15 is 0 Å². The van der Waals surface area contributed by atoms with Crippen LogP contribution in [0.5, 0.6) is 0 Å². The maximum atomic E-state index is 12.7. The standard InChI is InChI=1S/C19H28NO4PS/c21-19(22)16-8-4-7-15(9-16)18-13-26-17(10-20-18)12-25(23,24)11-14-5-2-1-3-6-14/h4,7-9,14,17-18,20H,1-3,5-6,10-13H2,(H,21,22)(H,23,24). The zero-order valence-electron chi connectivity index (χ0n) is 15.0. The Hall–Kier alpha value is -0.810. The summed E-state index contributed by atoms with van der Waals surface area (Å²) in [7, 11) is -3.08. The molecule has 3 atom stereocenters. The number of carboxylic acid groups (broad SMARTS) is 1. The molecule has 7 heteroatoms. The highest BCUT2D eigenvalue weighted by molar-refractivity contribution is 8.00. The molecule has 0 amide bonds. The Balaban J connectivity index is 1.51. The highest BCUT2D eigenvalue weighted by atomic mass is 32.2. The maximum Gasteiger partial charge on any atom is 0.335 e. The van der Waals surface area contributed by atoms with E-state index in [1.807, 2.05) is 6.07 Å². The van der Waals surface area contributed by atoms with Crippen molar-refractivity contribution in [2.75, 3.05) is 24.6 Å². The number of benzene rings is 1. The van der Waals surface area contributed by atoms with Crippen molar-refractivity contribution in [3.8, 4) is 0 Å². The monoisotopic (exact) mass is 397 g/mol. The Kier molecular flexibility index (Phi) is 6.84. The van der Waals surface area contributed by atoms with E-state index in [9.17, 15) is 14.3 Å². The van der Waals surface area contributed by atoms with Crippen molar-refractivity contribution in [3.63, 3.8) is 0 Å². The van der Waals surface area contributed by atoms with Crippen LogP contribution in [0.1, 0.15) is 54.1 Å². The van der Waals surface area contributed by atoms with Gasteiger partial charge in [0.25, 0.3) is 0 Å². The van der Waals surface area contributed by atoms with Crippen LogP contribution in [0.15, 0.2) is 24.3 Å². The summed E-state index contributed by atoms with van der Waals surface area (Å²) in [5, 5.41) is 12.7. The molecule has 1 aromatic rings. The van der Waals surface area contributed by atoms with Crippen LogP contribution < -0.4 is 5.32 Å². The fraction of sp³-hybridized carbons (Fsp3) is 0.632. The third-order valence-electron chi connectivity index (χ3n) is 5.38. The predicted molar refractivity (Wildman–Crippen MR) is 107 cm³/mol. The molecule has 26 heavy (non-hydrogen) atoms. The second-order valence-electron chi connectivity index (χ2n) is 7.56. The van der Waals surface area contributed by atoms with Crippen molar-refractivity contribution in [2.45, 2.75) is 43.4 Å². The molecule has 1 aliphatic heterocycles. The van der Waals surface area contributed by atoms with E-state index in [0.29, 0.717) is 30.3 Å². The molecule has 144 valence electrons. The average Bonchev–Trinajstić information content (AvgIpc) is 2.62. The first-order chi connectivity index (χ1) is 12.4. The van der Waals surface area contributed by atoms with E-state index in [1.54, 1.807) is 30.0 Å². The topological polar surface area (TPSA) is 86.6 Å². The Morgan fingerprint density at radius 1 is 1.23 bits per heavy atom. The molecule has 0 aromatic heterocycles. The summed E-state index contributed by atoms with van der Waals surface area (Å²) in [5.41, 5.74) is 1.26. The van der Waals surface area contributed by atoms with Crippen LogP contribution in [0, 0.1) is 5.92 Å². The average molecular weight is 397 g/mol. The third kappa shape index (κ3) is 5.59. The predicted octanol–water partition coefficient (Wildman–Crippen LogP) is 3.98. The van der Waals surface area contributed by atoms with Crippen LogP contribution in [0.2, 0.25) is 0 Å². The highest BCUT2D eigenvalue weighted by Crippen LogP contribution is 2.48. The molecular formula is C19H28NO4PS. The van der Waals surface area contributed by atoms with Gasteiger partial charge in [0.15, 0.2) is 0 Å². The number of nitrogens with one attached hydrogen (secondary N) is 1. The van der Waals surface area contributed by atoms with Crippen molar-refractivity contribution in [3.05, 3.63) is 35.4 Å². The first-order valence-corrected chi connectivity index (χ1v) is 12.5. The Labute approximate surface area is 159 Å². The van der Waals surface area contributed by atoms with E-state index in [0.717, 1.165) is 24.2 Å². The summed E-state index contributed by atoms with van der Waals surface area (Å²) in [6, 6.07) is 7.10. The molecule has 1 aromatic carbocycles. The number of hydrogen-bond acceptors (Lipinski definition) is 4. The molecule has 5 nitrogen and oxygen atoms in total. The maximum absolute atomic E-state index is 12.7. The van der Waals surface area contributed by atoms with Gasteiger partial charge in [0, 0.05) is 35.9 Å². The summed E-state index contributed by atoms with van der Waals surface area (Å²) in [6.45, 7) is 0.682. The van der Waals surface area contributed by atoms with Gasteiger partial charge in [-0.3, -0.25) is 4.57 Å². The Bertz CT molecular complexity index is 669. The Morgan fingerprint density at radius 2 is 2.00 bits per heavy atom. The van der Waals surface area contributed by atoms with Crippen molar-refractivity contribution >= 4 is 25.1 Å². The van der Waals surface area contributed by atoms with Gasteiger partial charge in [-0.15, -0.1) is 0 Å². The molecule has 0 bridgehead atoms. The van der Waals surface area contributed by atoms with Crippen molar-refractivity contribution in [1.29, 1.82) is 0 Å². The van der Waals surface area contributed by atoms with E-state index < -0.39 is 13.3 Å². The molecule has 1 aliphatic carbocycles. The van der Waals surface area contributed by atoms with E-state index in [2.05, 4.69) is 5.32 Å². The number of thioether (sulfide) groups is 1. The van der Waals surface area contributed by atoms with E-state index in [4.69, 9.17) is 5.11 Å². The van der Waals surface area contributed by atoms with Gasteiger partial charge >= 0.3 is 5.97 Å². The van der Waals surface area contributed by atoms with Gasteiger partial charge in [-0.05, 0) is 36.5 Å². The van der Waals surface area contributed by atoms with Gasteiger partial charge in [0.2, 0.25) is 7.37 Å². The number of aromatic carboxylic acids is 1. The minimum atomic E-state index is -3.08. The lowest BCUT2D eigenvalue weighted by Gasteiger charge is -2.32. The van der Waals surface area contributed by atoms with Gasteiger partial charge in [-0.1, -0.05) is 31.4 Å². The summed E-state index contributed by atoms with van der Waals surface area (Å²) < 4.78 is 12.7. The van der Waals surface area contributed by atoms with Gasteiger partial charge in [-0.2, -0.15) is 11.8 Å². The van der Waals surface area contributed by atoms with E-state index in [1.165, 1.54) is 19.3 Å². The first-order valence-electron chi connectivity index (χ1n) is 9.42. The lowest BCUT2D eigenvalue weighted by Crippen LogP contribution is -2.38. The summed E-state index contributed by atoms with van der Waals surface area (Å²) in [4.78, 5) is 21.6. The number of carboxylic acids is 1. The van der Waals surface area contributed by atoms with Gasteiger partial charge in [0.1, 0.15) is 0 Å². The highest BCUT2D eigenvalue weighted by Gasteiger charge is 2.31. The van der Waals surface area contributed by atoms with Gasteiger partial charge in [-0.25, -0.2) is 4.79 Å². The summed E-state index contributed by atoms with van der Waals surface area (Å²) in [6.07, 6.45) is 6.71. The van der Waals surface area contributed by atoms with Gasteiger partial charge < -0.3 is 15.3 Å². The van der Waals surface area contributed by atoms with Crippen LogP contribution in [-0.2, 0) is 4.57 Å². The molecule has 3 N–H and O–H groups in total. The number of hydrogen-bond donors (Lipinski definition) is 3. The molecule has 2 aliphatic rings. The SMILES string of the molecule is O=C(O)c1cccc(C2CSC(CP(=O)(O)CC3CCCCC3)CN2)c1. The van der Waals surface area contributed by atoms with Crippen molar-refractivity contribution < 1.29 is 19.4 Å². The van der Waals surface area contributed by atoms with Crippen molar-refractivity contribution in [2.24, 2.45) is 5.92 Å². The normalized spacial score (nSPS) is 27.0. The molecule has 0 radical (unpaired) electrons. The smallest absolute Gasteiger partial charge is 0.335 e. The van der Waals surface area contributed by atoms with Crippen LogP contribution in [0.3, 0.4) is 0 Å². The van der Waals surface area contributed by atoms with Gasteiger partial charge in [0.05, 0.1) is 5.56 Å². The molecule has 1 heterocycles. The lowest BCUT2D eigenvalue weighted by molar-refractivity contribution is 0.0696. The lowest BCUT2D eigenvalue weighted by atomic mass is 9.91. The molecule has 2 fully saturated rings. The molecule has 0 spiro atoms. The van der Waals surface area contributed by atoms with E-state index in [-0.39, 0.29) is 11.3 Å². The van der Waals surface area contributed by atoms with Crippen LogP contribution >= 0.6 is 19.1 Å². The zero-order chi connectivity index (χ0) is 18.6. The largest absolute Gasteiger partial charge is 0.478 e. The molecular weight excluding hydrogens is 369 g/mol.